The maximum Gasteiger partial charge on any atom is 0.156 e. The molecule has 0 saturated carbocycles. The van der Waals surface area contributed by atoms with Gasteiger partial charge in [0.1, 0.15) is 0 Å². The van der Waals surface area contributed by atoms with Crippen molar-refractivity contribution in [3.63, 3.8) is 0 Å². The van der Waals surface area contributed by atoms with Gasteiger partial charge in [-0.05, 0) is 30.3 Å². The molecule has 0 fully saturated rings. The lowest BCUT2D eigenvalue weighted by atomic mass is 10.2. The Labute approximate surface area is 153 Å². The first-order valence-electron chi connectivity index (χ1n) is 6.92. The number of rotatable bonds is 4. The summed E-state index contributed by atoms with van der Waals surface area (Å²) in [6.45, 7) is 0. The molecule has 5 nitrogen and oxygen atoms in total. The molecule has 126 valence electrons. The molecule has 0 spiro atoms. The SMILES string of the molecule is Cl.Cl.Nc1cc(N)c(Nc2ccccc2)nc1Nc1ccccc1. The van der Waals surface area contributed by atoms with Crippen LogP contribution >= 0.6 is 24.8 Å². The fourth-order valence-electron chi connectivity index (χ4n) is 2.06. The van der Waals surface area contributed by atoms with E-state index in [1.165, 1.54) is 0 Å². The van der Waals surface area contributed by atoms with Crippen LogP contribution in [-0.4, -0.2) is 4.98 Å². The molecule has 0 unspecified atom stereocenters. The largest absolute Gasteiger partial charge is 0.396 e. The Morgan fingerprint density at radius 2 is 1.00 bits per heavy atom. The maximum atomic E-state index is 6.00. The van der Waals surface area contributed by atoms with Crippen molar-refractivity contribution >= 4 is 59.2 Å². The van der Waals surface area contributed by atoms with Gasteiger partial charge in [0.05, 0.1) is 11.4 Å². The number of para-hydroxylation sites is 2. The number of nitrogens with zero attached hydrogens (tertiary/aromatic N) is 1. The topological polar surface area (TPSA) is 89.0 Å². The molecular weight excluding hydrogens is 345 g/mol. The third kappa shape index (κ3) is 4.68. The average Bonchev–Trinajstić information content (AvgIpc) is 2.54. The number of benzene rings is 2. The number of halogens is 2. The molecule has 0 saturated heterocycles. The normalized spacial score (nSPS) is 9.33. The number of pyridine rings is 1. The molecule has 1 aromatic heterocycles. The molecule has 24 heavy (non-hydrogen) atoms. The van der Waals surface area contributed by atoms with E-state index in [1.807, 2.05) is 60.7 Å². The molecule has 0 aliphatic rings. The zero-order chi connectivity index (χ0) is 15.4. The minimum Gasteiger partial charge on any atom is -0.396 e. The first-order valence-corrected chi connectivity index (χ1v) is 6.92. The van der Waals surface area contributed by atoms with E-state index >= 15 is 0 Å². The Kier molecular flexibility index (Phi) is 7.17. The van der Waals surface area contributed by atoms with Gasteiger partial charge in [0.2, 0.25) is 0 Å². The Morgan fingerprint density at radius 3 is 1.38 bits per heavy atom. The van der Waals surface area contributed by atoms with Crippen LogP contribution in [0.15, 0.2) is 66.7 Å². The van der Waals surface area contributed by atoms with E-state index in [1.54, 1.807) is 6.07 Å². The van der Waals surface area contributed by atoms with Gasteiger partial charge in [0, 0.05) is 11.4 Å². The van der Waals surface area contributed by atoms with Crippen molar-refractivity contribution in [2.75, 3.05) is 22.1 Å². The van der Waals surface area contributed by atoms with Gasteiger partial charge < -0.3 is 22.1 Å². The lowest BCUT2D eigenvalue weighted by molar-refractivity contribution is 1.30. The molecule has 2 aromatic carbocycles. The summed E-state index contributed by atoms with van der Waals surface area (Å²) in [4.78, 5) is 4.49. The zero-order valence-electron chi connectivity index (χ0n) is 12.8. The quantitative estimate of drug-likeness (QED) is 0.544. The van der Waals surface area contributed by atoms with Crippen molar-refractivity contribution in [3.8, 4) is 0 Å². The highest BCUT2D eigenvalue weighted by Gasteiger charge is 2.08. The van der Waals surface area contributed by atoms with E-state index in [0.717, 1.165) is 11.4 Å². The van der Waals surface area contributed by atoms with Gasteiger partial charge in [-0.1, -0.05) is 36.4 Å². The predicted octanol–water partition coefficient (Wildman–Crippen LogP) is 4.58. The summed E-state index contributed by atoms with van der Waals surface area (Å²) in [5.74, 6) is 1.14. The molecule has 0 atom stereocenters. The van der Waals surface area contributed by atoms with Gasteiger partial charge >= 0.3 is 0 Å². The summed E-state index contributed by atoms with van der Waals surface area (Å²) in [6, 6.07) is 21.2. The standard InChI is InChI=1S/C17H17N5.2ClH/c18-14-11-15(19)17(21-13-9-5-2-6-10-13)22-16(14)20-12-7-3-1-4-8-12;;/h1-11H,18-19H2,(H2,20,21,22);2*1H. The number of nitrogen functional groups attached to an aromatic ring is 2. The first kappa shape index (κ1) is 19.4. The van der Waals surface area contributed by atoms with E-state index in [0.29, 0.717) is 23.0 Å². The molecule has 1 heterocycles. The number of nitrogens with one attached hydrogen (secondary N) is 2. The lowest BCUT2D eigenvalue weighted by Gasteiger charge is -2.13. The van der Waals surface area contributed by atoms with Crippen LogP contribution in [0.2, 0.25) is 0 Å². The van der Waals surface area contributed by atoms with E-state index < -0.39 is 0 Å². The summed E-state index contributed by atoms with van der Waals surface area (Å²) in [6.07, 6.45) is 0. The summed E-state index contributed by atoms with van der Waals surface area (Å²) in [7, 11) is 0. The highest BCUT2D eigenvalue weighted by molar-refractivity contribution is 5.85. The molecule has 0 aliphatic heterocycles. The fourth-order valence-corrected chi connectivity index (χ4v) is 2.06. The van der Waals surface area contributed by atoms with Crippen LogP contribution < -0.4 is 22.1 Å². The molecule has 3 aromatic rings. The highest BCUT2D eigenvalue weighted by atomic mass is 35.5. The van der Waals surface area contributed by atoms with E-state index in [2.05, 4.69) is 15.6 Å². The maximum absolute atomic E-state index is 6.00. The highest BCUT2D eigenvalue weighted by Crippen LogP contribution is 2.29. The molecule has 0 amide bonds. The van der Waals surface area contributed by atoms with Gasteiger partial charge in [0.15, 0.2) is 11.6 Å². The fraction of sp³-hybridized carbons (Fsp3) is 0. The van der Waals surface area contributed by atoms with Crippen molar-refractivity contribution in [2.45, 2.75) is 0 Å². The Hall–Kier alpha value is -2.63. The minimum absolute atomic E-state index is 0. The third-order valence-corrected chi connectivity index (χ3v) is 3.15. The summed E-state index contributed by atoms with van der Waals surface area (Å²) >= 11 is 0. The van der Waals surface area contributed by atoms with Crippen LogP contribution in [-0.2, 0) is 0 Å². The van der Waals surface area contributed by atoms with Crippen molar-refractivity contribution in [1.29, 1.82) is 0 Å². The monoisotopic (exact) mass is 363 g/mol. The first-order chi connectivity index (χ1) is 10.7. The number of hydrogen-bond donors (Lipinski definition) is 4. The Balaban J connectivity index is 0.00000144. The molecule has 0 radical (unpaired) electrons. The number of nitrogens with two attached hydrogens (primary N) is 2. The third-order valence-electron chi connectivity index (χ3n) is 3.15. The van der Waals surface area contributed by atoms with Crippen LogP contribution in [0.4, 0.5) is 34.4 Å². The van der Waals surface area contributed by atoms with Gasteiger partial charge in [-0.25, -0.2) is 4.98 Å². The number of hydrogen-bond acceptors (Lipinski definition) is 5. The summed E-state index contributed by atoms with van der Waals surface area (Å²) in [5.41, 5.74) is 14.8. The lowest BCUT2D eigenvalue weighted by Crippen LogP contribution is -2.05. The van der Waals surface area contributed by atoms with Crippen LogP contribution in [0.5, 0.6) is 0 Å². The molecule has 0 bridgehead atoms. The molecule has 7 heteroatoms. The van der Waals surface area contributed by atoms with Gasteiger partial charge in [-0.3, -0.25) is 0 Å². The van der Waals surface area contributed by atoms with E-state index in [4.69, 9.17) is 11.5 Å². The van der Waals surface area contributed by atoms with E-state index in [9.17, 15) is 0 Å². The van der Waals surface area contributed by atoms with Crippen molar-refractivity contribution in [1.82, 2.24) is 4.98 Å². The number of anilines is 6. The second-order valence-corrected chi connectivity index (χ2v) is 4.85. The van der Waals surface area contributed by atoms with Crippen LogP contribution in [0, 0.1) is 0 Å². The summed E-state index contributed by atoms with van der Waals surface area (Å²) < 4.78 is 0. The van der Waals surface area contributed by atoms with Crippen molar-refractivity contribution in [3.05, 3.63) is 66.7 Å². The Morgan fingerprint density at radius 1 is 0.625 bits per heavy atom. The summed E-state index contributed by atoms with van der Waals surface area (Å²) in [5, 5.41) is 6.39. The smallest absolute Gasteiger partial charge is 0.156 e. The van der Waals surface area contributed by atoms with Crippen LogP contribution in [0.3, 0.4) is 0 Å². The zero-order valence-corrected chi connectivity index (χ0v) is 14.4. The number of aromatic nitrogens is 1. The van der Waals surface area contributed by atoms with Gasteiger partial charge in [-0.15, -0.1) is 24.8 Å². The van der Waals surface area contributed by atoms with Gasteiger partial charge in [0.25, 0.3) is 0 Å². The van der Waals surface area contributed by atoms with Crippen LogP contribution in [0.25, 0.3) is 0 Å². The van der Waals surface area contributed by atoms with Crippen molar-refractivity contribution in [2.24, 2.45) is 0 Å². The second kappa shape index (κ2) is 8.86. The second-order valence-electron chi connectivity index (χ2n) is 4.85. The molecular formula is C17H19Cl2N5. The van der Waals surface area contributed by atoms with Crippen LogP contribution in [0.1, 0.15) is 0 Å². The van der Waals surface area contributed by atoms with E-state index in [-0.39, 0.29) is 24.8 Å². The molecule has 6 N–H and O–H groups in total. The average molecular weight is 364 g/mol. The predicted molar refractivity (Wildman–Crippen MR) is 107 cm³/mol. The van der Waals surface area contributed by atoms with Gasteiger partial charge in [-0.2, -0.15) is 0 Å². The van der Waals surface area contributed by atoms with Crippen molar-refractivity contribution < 1.29 is 0 Å². The molecule has 0 aliphatic carbocycles. The molecule has 3 rings (SSSR count). The minimum atomic E-state index is 0. The Bertz CT molecular complexity index is 704.